The maximum atomic E-state index is 13.5. The molecule has 0 radical (unpaired) electrons. The lowest BCUT2D eigenvalue weighted by atomic mass is 9.85. The minimum atomic E-state index is -0.629. The molecule has 1 fully saturated rings. The van der Waals surface area contributed by atoms with E-state index in [0.29, 0.717) is 24.9 Å². The summed E-state index contributed by atoms with van der Waals surface area (Å²) in [6, 6.07) is 11.6. The first-order valence-electron chi connectivity index (χ1n) is 9.56. The Labute approximate surface area is 158 Å². The van der Waals surface area contributed by atoms with E-state index in [2.05, 4.69) is 0 Å². The molecule has 1 amide bonds. The van der Waals surface area contributed by atoms with Crippen molar-refractivity contribution in [3.8, 4) is 0 Å². The van der Waals surface area contributed by atoms with Gasteiger partial charge < -0.3 is 15.1 Å². The van der Waals surface area contributed by atoms with Crippen molar-refractivity contribution in [2.75, 3.05) is 6.54 Å². The molecule has 4 rings (SSSR count). The van der Waals surface area contributed by atoms with Gasteiger partial charge in [0.05, 0.1) is 18.2 Å². The zero-order chi connectivity index (χ0) is 19.1. The lowest BCUT2D eigenvalue weighted by Crippen LogP contribution is -2.29. The van der Waals surface area contributed by atoms with Crippen LogP contribution in [-0.2, 0) is 0 Å². The molecule has 4 nitrogen and oxygen atoms in total. The van der Waals surface area contributed by atoms with Gasteiger partial charge >= 0.3 is 0 Å². The molecular formula is C22H24FNO3. The summed E-state index contributed by atoms with van der Waals surface area (Å²) in [6.07, 6.45) is 0.486. The molecule has 2 aromatic rings. The topological polar surface area (TPSA) is 60.8 Å². The summed E-state index contributed by atoms with van der Waals surface area (Å²) in [5.41, 5.74) is 3.31. The SMILES string of the molecule is CCCN1C(=O)c2cccc(C3CC(O)CC3O)c2C1c1ccc(F)cc1. The first-order valence-corrected chi connectivity index (χ1v) is 9.56. The molecule has 4 unspecified atom stereocenters. The Kier molecular flexibility index (Phi) is 4.74. The van der Waals surface area contributed by atoms with E-state index in [4.69, 9.17) is 0 Å². The highest BCUT2D eigenvalue weighted by Gasteiger charge is 2.42. The minimum Gasteiger partial charge on any atom is -0.393 e. The standard InChI is InChI=1S/C22H24FNO3/c1-2-10-24-21(13-6-8-14(23)9-7-13)20-16(4-3-5-17(20)22(24)27)18-11-15(25)12-19(18)26/h3-9,15,18-19,21,25-26H,2,10-12H2,1H3. The van der Waals surface area contributed by atoms with Gasteiger partial charge in [0.15, 0.2) is 0 Å². The molecule has 1 aliphatic heterocycles. The summed E-state index contributed by atoms with van der Waals surface area (Å²) >= 11 is 0. The summed E-state index contributed by atoms with van der Waals surface area (Å²) in [6.45, 7) is 2.63. The van der Waals surface area contributed by atoms with Crippen LogP contribution in [0.3, 0.4) is 0 Å². The Morgan fingerprint density at radius 3 is 2.48 bits per heavy atom. The van der Waals surface area contributed by atoms with Crippen molar-refractivity contribution in [1.82, 2.24) is 4.90 Å². The second-order valence-electron chi connectivity index (χ2n) is 7.56. The molecule has 0 bridgehead atoms. The van der Waals surface area contributed by atoms with Crippen molar-refractivity contribution < 1.29 is 19.4 Å². The van der Waals surface area contributed by atoms with Gasteiger partial charge in [-0.25, -0.2) is 4.39 Å². The minimum absolute atomic E-state index is 0.0314. The van der Waals surface area contributed by atoms with E-state index in [0.717, 1.165) is 23.1 Å². The van der Waals surface area contributed by atoms with E-state index in [1.165, 1.54) is 12.1 Å². The van der Waals surface area contributed by atoms with Gasteiger partial charge in [-0.15, -0.1) is 0 Å². The summed E-state index contributed by atoms with van der Waals surface area (Å²) in [7, 11) is 0. The molecule has 2 aliphatic rings. The number of aliphatic hydroxyl groups is 2. The van der Waals surface area contributed by atoms with Crippen LogP contribution in [-0.4, -0.2) is 39.8 Å². The fraction of sp³-hybridized carbons (Fsp3) is 0.409. The fourth-order valence-corrected chi connectivity index (χ4v) is 4.61. The van der Waals surface area contributed by atoms with Gasteiger partial charge in [-0.1, -0.05) is 31.2 Å². The largest absolute Gasteiger partial charge is 0.393 e. The van der Waals surface area contributed by atoms with Crippen molar-refractivity contribution in [2.24, 2.45) is 0 Å². The van der Waals surface area contributed by atoms with Gasteiger partial charge in [0.1, 0.15) is 5.82 Å². The Morgan fingerprint density at radius 2 is 1.85 bits per heavy atom. The Bertz CT molecular complexity index is 851. The summed E-state index contributed by atoms with van der Waals surface area (Å²) < 4.78 is 13.5. The lowest BCUT2D eigenvalue weighted by Gasteiger charge is -2.28. The van der Waals surface area contributed by atoms with Gasteiger partial charge in [-0.2, -0.15) is 0 Å². The summed E-state index contributed by atoms with van der Waals surface area (Å²) in [4.78, 5) is 14.9. The van der Waals surface area contributed by atoms with Crippen LogP contribution >= 0.6 is 0 Å². The van der Waals surface area contributed by atoms with Crippen LogP contribution in [0.25, 0.3) is 0 Å². The van der Waals surface area contributed by atoms with Gasteiger partial charge in [0, 0.05) is 18.0 Å². The second-order valence-corrected chi connectivity index (χ2v) is 7.56. The van der Waals surface area contributed by atoms with Crippen LogP contribution in [0.15, 0.2) is 42.5 Å². The quantitative estimate of drug-likeness (QED) is 0.869. The molecule has 1 aliphatic carbocycles. The second kappa shape index (κ2) is 7.06. The highest BCUT2D eigenvalue weighted by atomic mass is 19.1. The number of nitrogens with zero attached hydrogens (tertiary/aromatic N) is 1. The number of carbonyl (C=O) groups is 1. The molecule has 27 heavy (non-hydrogen) atoms. The number of fused-ring (bicyclic) bond motifs is 1. The van der Waals surface area contributed by atoms with Gasteiger partial charge in [-0.3, -0.25) is 4.79 Å². The molecule has 5 heteroatoms. The van der Waals surface area contributed by atoms with E-state index in [-0.39, 0.29) is 23.7 Å². The zero-order valence-corrected chi connectivity index (χ0v) is 15.3. The van der Waals surface area contributed by atoms with E-state index in [9.17, 15) is 19.4 Å². The van der Waals surface area contributed by atoms with Gasteiger partial charge in [0.25, 0.3) is 5.91 Å². The normalized spacial score (nSPS) is 27.3. The van der Waals surface area contributed by atoms with Crippen molar-refractivity contribution in [2.45, 2.75) is 50.4 Å². The highest BCUT2D eigenvalue weighted by Crippen LogP contribution is 2.46. The monoisotopic (exact) mass is 369 g/mol. The summed E-state index contributed by atoms with van der Waals surface area (Å²) in [5.74, 6) is -0.545. The molecule has 142 valence electrons. The zero-order valence-electron chi connectivity index (χ0n) is 15.3. The number of hydrogen-bond acceptors (Lipinski definition) is 3. The number of aliphatic hydroxyl groups excluding tert-OH is 2. The highest BCUT2D eigenvalue weighted by molar-refractivity contribution is 6.00. The van der Waals surface area contributed by atoms with Crippen LogP contribution in [0.4, 0.5) is 4.39 Å². The fourth-order valence-electron chi connectivity index (χ4n) is 4.61. The van der Waals surface area contributed by atoms with Crippen LogP contribution < -0.4 is 0 Å². The third-order valence-corrected chi connectivity index (χ3v) is 5.77. The predicted octanol–water partition coefficient (Wildman–Crippen LogP) is 3.38. The maximum absolute atomic E-state index is 13.5. The van der Waals surface area contributed by atoms with Gasteiger partial charge in [0.2, 0.25) is 0 Å². The molecular weight excluding hydrogens is 345 g/mol. The summed E-state index contributed by atoms with van der Waals surface area (Å²) in [5, 5.41) is 20.5. The van der Waals surface area contributed by atoms with Crippen molar-refractivity contribution in [3.63, 3.8) is 0 Å². The molecule has 1 heterocycles. The lowest BCUT2D eigenvalue weighted by molar-refractivity contribution is 0.0749. The molecule has 2 aromatic carbocycles. The van der Waals surface area contributed by atoms with Gasteiger partial charge in [-0.05, 0) is 54.2 Å². The average Bonchev–Trinajstić information content (AvgIpc) is 3.13. The molecule has 2 N–H and O–H groups in total. The number of benzene rings is 2. The molecule has 0 aromatic heterocycles. The third kappa shape index (κ3) is 3.05. The van der Waals surface area contributed by atoms with Crippen molar-refractivity contribution >= 4 is 5.91 Å². The number of amides is 1. The number of carbonyl (C=O) groups excluding carboxylic acids is 1. The first-order chi connectivity index (χ1) is 13.0. The maximum Gasteiger partial charge on any atom is 0.255 e. The van der Waals surface area contributed by atoms with E-state index in [1.807, 2.05) is 30.0 Å². The molecule has 0 spiro atoms. The van der Waals surface area contributed by atoms with Crippen molar-refractivity contribution in [1.29, 1.82) is 0 Å². The van der Waals surface area contributed by atoms with Crippen LogP contribution in [0.5, 0.6) is 0 Å². The van der Waals surface area contributed by atoms with Crippen LogP contribution in [0.1, 0.15) is 65.2 Å². The molecule has 4 atom stereocenters. The Hall–Kier alpha value is -2.24. The van der Waals surface area contributed by atoms with E-state index >= 15 is 0 Å². The molecule has 0 saturated heterocycles. The number of rotatable bonds is 4. The Balaban J connectivity index is 1.87. The number of halogens is 1. The van der Waals surface area contributed by atoms with Crippen LogP contribution in [0.2, 0.25) is 0 Å². The first kappa shape index (κ1) is 18.1. The number of hydrogen-bond donors (Lipinski definition) is 2. The predicted molar refractivity (Wildman–Crippen MR) is 100 cm³/mol. The van der Waals surface area contributed by atoms with E-state index < -0.39 is 12.2 Å². The van der Waals surface area contributed by atoms with E-state index in [1.54, 1.807) is 12.1 Å². The smallest absolute Gasteiger partial charge is 0.255 e. The molecule has 1 saturated carbocycles. The van der Waals surface area contributed by atoms with Crippen LogP contribution in [0, 0.1) is 5.82 Å². The third-order valence-electron chi connectivity index (χ3n) is 5.77. The van der Waals surface area contributed by atoms with Crippen molar-refractivity contribution in [3.05, 3.63) is 70.5 Å². The average molecular weight is 369 g/mol. The Morgan fingerprint density at radius 1 is 1.11 bits per heavy atom.